The smallest absolute Gasteiger partial charge is 0.225 e. The van der Waals surface area contributed by atoms with Crippen LogP contribution in [0, 0.1) is 5.92 Å². The van der Waals surface area contributed by atoms with Crippen molar-refractivity contribution >= 4 is 17.5 Å². The molecule has 5 heteroatoms. The van der Waals surface area contributed by atoms with Gasteiger partial charge >= 0.3 is 0 Å². The van der Waals surface area contributed by atoms with Gasteiger partial charge in [-0.15, -0.1) is 0 Å². The summed E-state index contributed by atoms with van der Waals surface area (Å²) in [4.78, 5) is 19.1. The Morgan fingerprint density at radius 1 is 1.03 bits per heavy atom. The van der Waals surface area contributed by atoms with Crippen LogP contribution in [0.1, 0.15) is 24.1 Å². The number of hydrogen-bond acceptors (Lipinski definition) is 3. The van der Waals surface area contributed by atoms with Crippen molar-refractivity contribution in [3.63, 3.8) is 0 Å². The highest BCUT2D eigenvalue weighted by Crippen LogP contribution is 2.32. The van der Waals surface area contributed by atoms with Crippen molar-refractivity contribution in [2.45, 2.75) is 25.8 Å². The third kappa shape index (κ3) is 5.58. The van der Waals surface area contributed by atoms with Crippen LogP contribution in [0.15, 0.2) is 72.9 Å². The highest BCUT2D eigenvalue weighted by molar-refractivity contribution is 6.30. The fraction of sp³-hybridized carbons (Fsp3) is 0.250. The van der Waals surface area contributed by atoms with E-state index in [1.54, 1.807) is 18.3 Å². The number of nitrogens with zero attached hydrogens (tertiary/aromatic N) is 2. The van der Waals surface area contributed by atoms with E-state index >= 15 is 0 Å². The number of ether oxygens (including phenoxy) is 1. The lowest BCUT2D eigenvalue weighted by molar-refractivity contribution is -0.133. The van der Waals surface area contributed by atoms with E-state index in [-0.39, 0.29) is 11.8 Å². The van der Waals surface area contributed by atoms with E-state index in [1.165, 1.54) is 0 Å². The molecule has 1 heterocycles. The van der Waals surface area contributed by atoms with Crippen LogP contribution in [-0.4, -0.2) is 22.3 Å². The molecule has 3 aromatic rings. The van der Waals surface area contributed by atoms with Crippen LogP contribution in [0.3, 0.4) is 0 Å². The normalized spacial score (nSPS) is 13.1. The maximum absolute atomic E-state index is 12.8. The number of amides is 1. The minimum atomic E-state index is 0.187. The molecule has 2 aromatic carbocycles. The molecule has 1 aliphatic rings. The summed E-state index contributed by atoms with van der Waals surface area (Å²) in [6.07, 6.45) is 4.54. The van der Waals surface area contributed by atoms with Gasteiger partial charge in [0.1, 0.15) is 11.5 Å². The van der Waals surface area contributed by atoms with Gasteiger partial charge in [0.2, 0.25) is 5.91 Å². The highest BCUT2D eigenvalue weighted by Gasteiger charge is 2.33. The molecule has 29 heavy (non-hydrogen) atoms. The maximum atomic E-state index is 12.8. The molecule has 4 nitrogen and oxygen atoms in total. The van der Waals surface area contributed by atoms with Gasteiger partial charge in [0.25, 0.3) is 0 Å². The summed E-state index contributed by atoms with van der Waals surface area (Å²) in [5.74, 6) is 1.90. The standard InChI is InChI=1S/C24H23ClN2O2/c25-20-9-11-22(12-10-20)29-23-6-3-4-18(16-23)17-27(24(28)19-7-8-19)15-13-21-5-1-2-14-26-21/h1-6,9-12,14,16,19H,7-8,13,15,17H2. The molecule has 1 amide bonds. The van der Waals surface area contributed by atoms with Crippen molar-refractivity contribution in [2.24, 2.45) is 5.92 Å². The first-order chi connectivity index (χ1) is 14.2. The summed E-state index contributed by atoms with van der Waals surface area (Å²) in [5.41, 5.74) is 2.05. The number of carbonyl (C=O) groups excluding carboxylic acids is 1. The van der Waals surface area contributed by atoms with Crippen LogP contribution in [0.4, 0.5) is 0 Å². The van der Waals surface area contributed by atoms with Gasteiger partial charge in [0.15, 0.2) is 0 Å². The van der Waals surface area contributed by atoms with E-state index in [0.29, 0.717) is 18.1 Å². The Bertz CT molecular complexity index is 956. The molecule has 148 valence electrons. The summed E-state index contributed by atoms with van der Waals surface area (Å²) < 4.78 is 5.93. The molecule has 1 fully saturated rings. The Balaban J connectivity index is 1.44. The number of aromatic nitrogens is 1. The molecular formula is C24H23ClN2O2. The lowest BCUT2D eigenvalue weighted by atomic mass is 10.1. The lowest BCUT2D eigenvalue weighted by Crippen LogP contribution is -2.33. The molecule has 0 spiro atoms. The molecule has 0 saturated heterocycles. The van der Waals surface area contributed by atoms with Gasteiger partial charge in [-0.05, 0) is 66.9 Å². The largest absolute Gasteiger partial charge is 0.457 e. The first kappa shape index (κ1) is 19.5. The average molecular weight is 407 g/mol. The Hall–Kier alpha value is -2.85. The second-order valence-corrected chi connectivity index (χ2v) is 7.74. The topological polar surface area (TPSA) is 42.4 Å². The summed E-state index contributed by atoms with van der Waals surface area (Å²) >= 11 is 5.93. The Morgan fingerprint density at radius 2 is 1.86 bits per heavy atom. The second-order valence-electron chi connectivity index (χ2n) is 7.31. The third-order valence-corrected chi connectivity index (χ3v) is 5.18. The molecule has 0 atom stereocenters. The first-order valence-corrected chi connectivity index (χ1v) is 10.3. The van der Waals surface area contributed by atoms with Gasteiger partial charge in [-0.2, -0.15) is 0 Å². The van der Waals surface area contributed by atoms with Crippen LogP contribution in [-0.2, 0) is 17.8 Å². The van der Waals surface area contributed by atoms with E-state index in [1.807, 2.05) is 59.5 Å². The Labute approximate surface area is 176 Å². The van der Waals surface area contributed by atoms with Crippen molar-refractivity contribution in [1.82, 2.24) is 9.88 Å². The molecule has 1 aromatic heterocycles. The number of benzene rings is 2. The van der Waals surface area contributed by atoms with Crippen LogP contribution >= 0.6 is 11.6 Å². The van der Waals surface area contributed by atoms with Crippen molar-refractivity contribution in [3.8, 4) is 11.5 Å². The average Bonchev–Trinajstić information content (AvgIpc) is 3.59. The van der Waals surface area contributed by atoms with Crippen molar-refractivity contribution in [3.05, 3.63) is 89.2 Å². The number of carbonyl (C=O) groups is 1. The van der Waals surface area contributed by atoms with Gasteiger partial charge in [-0.3, -0.25) is 9.78 Å². The second kappa shape index (κ2) is 9.10. The SMILES string of the molecule is O=C(C1CC1)N(CCc1ccccn1)Cc1cccc(Oc2ccc(Cl)cc2)c1. The zero-order valence-electron chi connectivity index (χ0n) is 16.1. The highest BCUT2D eigenvalue weighted by atomic mass is 35.5. The lowest BCUT2D eigenvalue weighted by Gasteiger charge is -2.23. The third-order valence-electron chi connectivity index (χ3n) is 4.92. The zero-order valence-corrected chi connectivity index (χ0v) is 16.9. The van der Waals surface area contributed by atoms with E-state index in [0.717, 1.165) is 42.0 Å². The summed E-state index contributed by atoms with van der Waals surface area (Å²) in [5, 5.41) is 0.674. The maximum Gasteiger partial charge on any atom is 0.225 e. The Kier molecular flexibility index (Phi) is 6.11. The van der Waals surface area contributed by atoms with Crippen LogP contribution in [0.2, 0.25) is 5.02 Å². The first-order valence-electron chi connectivity index (χ1n) is 9.88. The molecule has 1 saturated carbocycles. The van der Waals surface area contributed by atoms with Crippen molar-refractivity contribution < 1.29 is 9.53 Å². The molecule has 0 N–H and O–H groups in total. The zero-order chi connectivity index (χ0) is 20.1. The predicted molar refractivity (Wildman–Crippen MR) is 114 cm³/mol. The summed E-state index contributed by atoms with van der Waals surface area (Å²) in [7, 11) is 0. The number of rotatable bonds is 8. The Morgan fingerprint density at radius 3 is 2.59 bits per heavy atom. The van der Waals surface area contributed by atoms with Gasteiger partial charge in [0, 0.05) is 42.3 Å². The molecule has 0 aliphatic heterocycles. The van der Waals surface area contributed by atoms with Gasteiger partial charge < -0.3 is 9.64 Å². The molecule has 0 radical (unpaired) electrons. The monoisotopic (exact) mass is 406 g/mol. The molecule has 1 aliphatic carbocycles. The number of hydrogen-bond donors (Lipinski definition) is 0. The molecule has 0 bridgehead atoms. The quantitative estimate of drug-likeness (QED) is 0.495. The fourth-order valence-corrected chi connectivity index (χ4v) is 3.34. The van der Waals surface area contributed by atoms with Crippen LogP contribution < -0.4 is 4.74 Å². The van der Waals surface area contributed by atoms with Crippen molar-refractivity contribution in [2.75, 3.05) is 6.54 Å². The van der Waals surface area contributed by atoms with Crippen LogP contribution in [0.25, 0.3) is 0 Å². The fourth-order valence-electron chi connectivity index (χ4n) is 3.22. The summed E-state index contributed by atoms with van der Waals surface area (Å²) in [6, 6.07) is 21.1. The molecular weight excluding hydrogens is 384 g/mol. The molecule has 4 rings (SSSR count). The van der Waals surface area contributed by atoms with Crippen LogP contribution in [0.5, 0.6) is 11.5 Å². The predicted octanol–water partition coefficient (Wildman–Crippen LogP) is 5.51. The number of halogens is 1. The van der Waals surface area contributed by atoms with E-state index in [4.69, 9.17) is 16.3 Å². The van der Waals surface area contributed by atoms with E-state index in [2.05, 4.69) is 4.98 Å². The van der Waals surface area contributed by atoms with E-state index in [9.17, 15) is 4.79 Å². The van der Waals surface area contributed by atoms with Gasteiger partial charge in [-0.1, -0.05) is 29.8 Å². The minimum Gasteiger partial charge on any atom is -0.457 e. The molecule has 0 unspecified atom stereocenters. The van der Waals surface area contributed by atoms with Gasteiger partial charge in [0.05, 0.1) is 0 Å². The minimum absolute atomic E-state index is 0.187. The van der Waals surface area contributed by atoms with E-state index < -0.39 is 0 Å². The summed E-state index contributed by atoms with van der Waals surface area (Å²) in [6.45, 7) is 1.23. The van der Waals surface area contributed by atoms with Crippen molar-refractivity contribution in [1.29, 1.82) is 0 Å². The van der Waals surface area contributed by atoms with Gasteiger partial charge in [-0.25, -0.2) is 0 Å². The number of pyridine rings is 1.